The average Bonchev–Trinajstić information content (AvgIpc) is 2.29. The third-order valence-electron chi connectivity index (χ3n) is 3.03. The first-order chi connectivity index (χ1) is 7.99. The first-order valence-electron chi connectivity index (χ1n) is 5.36. The van der Waals surface area contributed by atoms with E-state index in [1.165, 1.54) is 7.11 Å². The van der Waals surface area contributed by atoms with Crippen molar-refractivity contribution < 1.29 is 9.53 Å². The van der Waals surface area contributed by atoms with Crippen molar-refractivity contribution in [3.05, 3.63) is 27.8 Å². The summed E-state index contributed by atoms with van der Waals surface area (Å²) in [6.07, 6.45) is 5.51. The van der Waals surface area contributed by atoms with Crippen LogP contribution in [0.2, 0.25) is 0 Å². The van der Waals surface area contributed by atoms with Gasteiger partial charge in [-0.2, -0.15) is 0 Å². The highest BCUT2D eigenvalue weighted by Gasteiger charge is 2.20. The Hall–Kier alpha value is -1.95. The Morgan fingerprint density at radius 1 is 1.24 bits per heavy atom. The molecule has 0 spiro atoms. The molecular weight excluding hydrogens is 214 g/mol. The van der Waals surface area contributed by atoms with E-state index in [0.717, 1.165) is 27.9 Å². The van der Waals surface area contributed by atoms with Gasteiger partial charge in [-0.1, -0.05) is 5.92 Å². The lowest BCUT2D eigenvalue weighted by atomic mass is 9.91. The van der Waals surface area contributed by atoms with E-state index in [0.29, 0.717) is 5.56 Å². The van der Waals surface area contributed by atoms with Crippen molar-refractivity contribution in [2.24, 2.45) is 0 Å². The number of anilines is 1. The van der Waals surface area contributed by atoms with Crippen molar-refractivity contribution in [1.82, 2.24) is 0 Å². The molecule has 0 radical (unpaired) electrons. The summed E-state index contributed by atoms with van der Waals surface area (Å²) >= 11 is 0. The minimum Gasteiger partial charge on any atom is -0.465 e. The first kappa shape index (κ1) is 13.1. The lowest BCUT2D eigenvalue weighted by Gasteiger charge is -2.18. The molecule has 0 atom stereocenters. The van der Waals surface area contributed by atoms with Gasteiger partial charge in [-0.25, -0.2) is 4.79 Å². The van der Waals surface area contributed by atoms with Crippen LogP contribution in [0.4, 0.5) is 5.69 Å². The number of benzene rings is 1. The zero-order valence-corrected chi connectivity index (χ0v) is 10.9. The normalized spacial score (nSPS) is 9.65. The van der Waals surface area contributed by atoms with Crippen molar-refractivity contribution in [1.29, 1.82) is 0 Å². The van der Waals surface area contributed by atoms with Gasteiger partial charge in [0.15, 0.2) is 0 Å². The summed E-state index contributed by atoms with van der Waals surface area (Å²) in [5, 5.41) is 3.08. The molecule has 1 aromatic rings. The molecule has 0 fully saturated rings. The number of ether oxygens (including phenoxy) is 1. The van der Waals surface area contributed by atoms with Gasteiger partial charge in [0.1, 0.15) is 0 Å². The summed E-state index contributed by atoms with van der Waals surface area (Å²) in [7, 11) is 3.18. The molecule has 0 aromatic heterocycles. The highest BCUT2D eigenvalue weighted by molar-refractivity contribution is 5.96. The Balaban J connectivity index is 3.73. The predicted molar refractivity (Wildman–Crippen MR) is 69.5 cm³/mol. The third-order valence-corrected chi connectivity index (χ3v) is 3.03. The summed E-state index contributed by atoms with van der Waals surface area (Å²) in [5.41, 5.74) is 4.85. The van der Waals surface area contributed by atoms with Crippen LogP contribution in [-0.2, 0) is 4.74 Å². The summed E-state index contributed by atoms with van der Waals surface area (Å²) in [5.74, 6) is 2.28. The van der Waals surface area contributed by atoms with E-state index in [9.17, 15) is 4.79 Å². The smallest absolute Gasteiger partial charge is 0.338 e. The van der Waals surface area contributed by atoms with Crippen molar-refractivity contribution in [2.45, 2.75) is 20.8 Å². The molecule has 1 aromatic carbocycles. The van der Waals surface area contributed by atoms with Crippen LogP contribution in [0.5, 0.6) is 0 Å². The molecule has 1 rings (SSSR count). The number of nitrogens with one attached hydrogen (secondary N) is 1. The van der Waals surface area contributed by atoms with Crippen molar-refractivity contribution >= 4 is 11.7 Å². The molecule has 3 heteroatoms. The van der Waals surface area contributed by atoms with E-state index in [1.54, 1.807) is 0 Å². The number of carbonyl (C=O) groups is 1. The standard InChI is InChI=1S/C14H17NO2/c1-7-11-8(2)12(14(16)17-6)10(4)13(15-5)9(11)3/h1,15H,2-6H3. The van der Waals surface area contributed by atoms with Crippen LogP contribution in [0.15, 0.2) is 0 Å². The summed E-state index contributed by atoms with van der Waals surface area (Å²) in [6, 6.07) is 0. The fourth-order valence-electron chi connectivity index (χ4n) is 2.22. The summed E-state index contributed by atoms with van der Waals surface area (Å²) in [4.78, 5) is 11.8. The molecule has 1 N–H and O–H groups in total. The molecule has 3 nitrogen and oxygen atoms in total. The minimum atomic E-state index is -0.354. The second-order valence-corrected chi connectivity index (χ2v) is 3.89. The van der Waals surface area contributed by atoms with Crippen molar-refractivity contribution in [3.63, 3.8) is 0 Å². The highest BCUT2D eigenvalue weighted by Crippen LogP contribution is 2.30. The topological polar surface area (TPSA) is 38.3 Å². The lowest BCUT2D eigenvalue weighted by Crippen LogP contribution is -2.12. The number of rotatable bonds is 2. The number of methoxy groups -OCH3 is 1. The fraction of sp³-hybridized carbons (Fsp3) is 0.357. The Morgan fingerprint density at radius 3 is 2.24 bits per heavy atom. The van der Waals surface area contributed by atoms with Crippen LogP contribution < -0.4 is 5.32 Å². The number of carbonyl (C=O) groups excluding carboxylic acids is 1. The van der Waals surface area contributed by atoms with Gasteiger partial charge in [-0.05, 0) is 37.5 Å². The Kier molecular flexibility index (Phi) is 3.80. The zero-order valence-electron chi connectivity index (χ0n) is 10.9. The second kappa shape index (κ2) is 4.92. The maximum Gasteiger partial charge on any atom is 0.338 e. The molecule has 0 aliphatic rings. The Morgan fingerprint density at radius 2 is 1.82 bits per heavy atom. The fourth-order valence-corrected chi connectivity index (χ4v) is 2.22. The lowest BCUT2D eigenvalue weighted by molar-refractivity contribution is 0.0599. The van der Waals surface area contributed by atoms with Crippen LogP contribution in [0.1, 0.15) is 32.6 Å². The van der Waals surface area contributed by atoms with E-state index in [-0.39, 0.29) is 5.97 Å². The molecule has 0 unspecified atom stereocenters. The van der Waals surface area contributed by atoms with E-state index < -0.39 is 0 Å². The van der Waals surface area contributed by atoms with Crippen LogP contribution in [-0.4, -0.2) is 20.1 Å². The number of hydrogen-bond acceptors (Lipinski definition) is 3. The third kappa shape index (κ3) is 1.99. The Labute approximate surface area is 102 Å². The molecule has 0 aliphatic carbocycles. The van der Waals surface area contributed by atoms with Gasteiger partial charge < -0.3 is 10.1 Å². The van der Waals surface area contributed by atoms with E-state index in [4.69, 9.17) is 11.2 Å². The van der Waals surface area contributed by atoms with Crippen molar-refractivity contribution in [3.8, 4) is 12.3 Å². The van der Waals surface area contributed by atoms with E-state index in [1.807, 2.05) is 27.8 Å². The number of hydrogen-bond donors (Lipinski definition) is 1. The number of terminal acetylenes is 1. The van der Waals surface area contributed by atoms with Gasteiger partial charge in [0, 0.05) is 18.3 Å². The van der Waals surface area contributed by atoms with Crippen LogP contribution >= 0.6 is 0 Å². The van der Waals surface area contributed by atoms with Gasteiger partial charge in [0.25, 0.3) is 0 Å². The molecule has 0 aliphatic heterocycles. The van der Waals surface area contributed by atoms with Crippen LogP contribution in [0, 0.1) is 33.1 Å². The van der Waals surface area contributed by atoms with Crippen LogP contribution in [0.3, 0.4) is 0 Å². The molecule has 0 saturated carbocycles. The van der Waals surface area contributed by atoms with Gasteiger partial charge >= 0.3 is 5.97 Å². The molecule has 17 heavy (non-hydrogen) atoms. The molecular formula is C14H17NO2. The first-order valence-corrected chi connectivity index (χ1v) is 5.36. The molecule has 0 amide bonds. The summed E-state index contributed by atoms with van der Waals surface area (Å²) in [6.45, 7) is 5.68. The quantitative estimate of drug-likeness (QED) is 0.627. The predicted octanol–water partition coefficient (Wildman–Crippen LogP) is 2.42. The maximum absolute atomic E-state index is 11.8. The second-order valence-electron chi connectivity index (χ2n) is 3.89. The van der Waals surface area contributed by atoms with Crippen molar-refractivity contribution in [2.75, 3.05) is 19.5 Å². The summed E-state index contributed by atoms with van der Waals surface area (Å²) < 4.78 is 4.80. The van der Waals surface area contributed by atoms with Gasteiger partial charge in [-0.3, -0.25) is 0 Å². The molecule has 0 saturated heterocycles. The van der Waals surface area contributed by atoms with Gasteiger partial charge in [0.05, 0.1) is 12.7 Å². The molecule has 0 bridgehead atoms. The Bertz CT molecular complexity index is 510. The SMILES string of the molecule is C#Cc1c(C)c(NC)c(C)c(C(=O)OC)c1C. The monoisotopic (exact) mass is 231 g/mol. The van der Waals surface area contributed by atoms with Gasteiger partial charge in [-0.15, -0.1) is 6.42 Å². The van der Waals surface area contributed by atoms with Crippen LogP contribution in [0.25, 0.3) is 0 Å². The minimum absolute atomic E-state index is 0.354. The molecule has 0 heterocycles. The van der Waals surface area contributed by atoms with E-state index >= 15 is 0 Å². The maximum atomic E-state index is 11.8. The van der Waals surface area contributed by atoms with Gasteiger partial charge in [0.2, 0.25) is 0 Å². The largest absolute Gasteiger partial charge is 0.465 e. The number of esters is 1. The average molecular weight is 231 g/mol. The highest BCUT2D eigenvalue weighted by atomic mass is 16.5. The zero-order chi connectivity index (χ0) is 13.2. The molecule has 90 valence electrons. The van der Waals surface area contributed by atoms with E-state index in [2.05, 4.69) is 11.2 Å².